The monoisotopic (exact) mass is 369 g/mol. The number of hydrogen-bond acceptors (Lipinski definition) is 5. The molecule has 1 aromatic carbocycles. The normalized spacial score (nSPS) is 14.6. The number of carbonyl (C=O) groups is 1. The van der Waals surface area contributed by atoms with Gasteiger partial charge in [-0.2, -0.15) is 9.61 Å². The van der Waals surface area contributed by atoms with Gasteiger partial charge < -0.3 is 15.1 Å². The van der Waals surface area contributed by atoms with Crippen molar-refractivity contribution in [1.29, 1.82) is 0 Å². The average Bonchev–Trinajstić information content (AvgIpc) is 3.10. The fourth-order valence-corrected chi connectivity index (χ4v) is 3.16. The molecule has 0 bridgehead atoms. The second kappa shape index (κ2) is 7.18. The van der Waals surface area contributed by atoms with Gasteiger partial charge in [0.15, 0.2) is 11.5 Å². The Bertz CT molecular complexity index is 965. The summed E-state index contributed by atoms with van der Waals surface area (Å²) in [5, 5.41) is 15.4. The molecular formula is C18H20FN7O. The Balaban J connectivity index is 1.39. The van der Waals surface area contributed by atoms with Crippen molar-refractivity contribution < 1.29 is 9.18 Å². The molecule has 140 valence electrons. The molecule has 0 atom stereocenters. The fourth-order valence-electron chi connectivity index (χ4n) is 3.16. The van der Waals surface area contributed by atoms with Crippen LogP contribution in [0.2, 0.25) is 0 Å². The van der Waals surface area contributed by atoms with E-state index in [1.807, 2.05) is 13.0 Å². The van der Waals surface area contributed by atoms with Crippen LogP contribution in [-0.4, -0.2) is 56.9 Å². The average molecular weight is 369 g/mol. The van der Waals surface area contributed by atoms with Gasteiger partial charge in [0.1, 0.15) is 5.82 Å². The molecule has 1 aliphatic heterocycles. The largest absolute Gasteiger partial charge is 0.367 e. The minimum absolute atomic E-state index is 0.223. The van der Waals surface area contributed by atoms with E-state index in [1.54, 1.807) is 27.7 Å². The fraction of sp³-hybridized carbons (Fsp3) is 0.333. The molecule has 0 spiro atoms. The highest BCUT2D eigenvalue weighted by Crippen LogP contribution is 2.18. The molecule has 3 heterocycles. The van der Waals surface area contributed by atoms with E-state index in [9.17, 15) is 9.18 Å². The van der Waals surface area contributed by atoms with Gasteiger partial charge in [-0.1, -0.05) is 13.0 Å². The topological polar surface area (TPSA) is 78.7 Å². The molecule has 1 aliphatic rings. The van der Waals surface area contributed by atoms with Crippen LogP contribution in [0.3, 0.4) is 0 Å². The number of rotatable bonds is 3. The number of nitrogens with zero attached hydrogens (tertiary/aromatic N) is 6. The van der Waals surface area contributed by atoms with E-state index >= 15 is 0 Å². The van der Waals surface area contributed by atoms with Gasteiger partial charge >= 0.3 is 6.03 Å². The van der Waals surface area contributed by atoms with Gasteiger partial charge in [0.25, 0.3) is 0 Å². The summed E-state index contributed by atoms with van der Waals surface area (Å²) >= 11 is 0. The number of aryl methyl sites for hydroxylation is 1. The first-order valence-corrected chi connectivity index (χ1v) is 8.91. The quantitative estimate of drug-likeness (QED) is 0.766. The minimum Gasteiger partial charge on any atom is -0.367 e. The first kappa shape index (κ1) is 17.2. The van der Waals surface area contributed by atoms with Gasteiger partial charge in [0.2, 0.25) is 0 Å². The van der Waals surface area contributed by atoms with Gasteiger partial charge in [-0.3, -0.25) is 0 Å². The van der Waals surface area contributed by atoms with E-state index < -0.39 is 0 Å². The second-order valence-electron chi connectivity index (χ2n) is 6.37. The van der Waals surface area contributed by atoms with Crippen molar-refractivity contribution in [3.8, 4) is 0 Å². The molecule has 9 heteroatoms. The number of urea groups is 1. The van der Waals surface area contributed by atoms with Crippen molar-refractivity contribution in [3.05, 3.63) is 48.2 Å². The molecule has 8 nitrogen and oxygen atoms in total. The summed E-state index contributed by atoms with van der Waals surface area (Å²) in [4.78, 5) is 16.3. The predicted molar refractivity (Wildman–Crippen MR) is 99.4 cm³/mol. The molecule has 3 aromatic rings. The van der Waals surface area contributed by atoms with E-state index in [0.29, 0.717) is 31.9 Å². The molecular weight excluding hydrogens is 349 g/mol. The summed E-state index contributed by atoms with van der Waals surface area (Å²) in [5.74, 6) is 0.454. The summed E-state index contributed by atoms with van der Waals surface area (Å²) in [6, 6.07) is 7.62. The zero-order chi connectivity index (χ0) is 18.8. The van der Waals surface area contributed by atoms with Crippen LogP contribution in [0.5, 0.6) is 0 Å². The number of amides is 2. The van der Waals surface area contributed by atoms with Crippen molar-refractivity contribution >= 4 is 23.1 Å². The number of nitrogens with one attached hydrogen (secondary N) is 1. The van der Waals surface area contributed by atoms with E-state index in [1.165, 1.54) is 12.1 Å². The Labute approximate surface area is 155 Å². The van der Waals surface area contributed by atoms with Gasteiger partial charge in [0.05, 0.1) is 11.9 Å². The Morgan fingerprint density at radius 1 is 1.19 bits per heavy atom. The number of benzene rings is 1. The highest BCUT2D eigenvalue weighted by atomic mass is 19.1. The number of anilines is 2. The van der Waals surface area contributed by atoms with E-state index in [-0.39, 0.29) is 11.8 Å². The van der Waals surface area contributed by atoms with Crippen molar-refractivity contribution in [2.45, 2.75) is 13.3 Å². The molecule has 0 saturated carbocycles. The zero-order valence-electron chi connectivity index (χ0n) is 15.0. The van der Waals surface area contributed by atoms with Gasteiger partial charge in [0, 0.05) is 44.4 Å². The first-order valence-electron chi connectivity index (χ1n) is 8.91. The number of hydrogen-bond donors (Lipinski definition) is 1. The molecule has 1 saturated heterocycles. The van der Waals surface area contributed by atoms with Crippen LogP contribution >= 0.6 is 0 Å². The van der Waals surface area contributed by atoms with Crippen LogP contribution in [0.4, 0.5) is 20.6 Å². The summed E-state index contributed by atoms with van der Waals surface area (Å²) in [5.41, 5.74) is 2.13. The number of carbonyl (C=O) groups excluding carboxylic acids is 1. The number of aromatic nitrogens is 4. The number of piperazine rings is 1. The SMILES string of the molecule is CCc1nnc2cc(N3CCN(C(=O)Nc4cccc(F)c4)CC3)cnn12. The lowest BCUT2D eigenvalue weighted by Crippen LogP contribution is -2.50. The van der Waals surface area contributed by atoms with Gasteiger partial charge in [-0.15, -0.1) is 10.2 Å². The Morgan fingerprint density at radius 2 is 2.00 bits per heavy atom. The summed E-state index contributed by atoms with van der Waals surface area (Å²) < 4.78 is 15.0. The molecule has 27 heavy (non-hydrogen) atoms. The van der Waals surface area contributed by atoms with E-state index in [2.05, 4.69) is 25.5 Å². The van der Waals surface area contributed by atoms with Crippen LogP contribution in [0.1, 0.15) is 12.7 Å². The van der Waals surface area contributed by atoms with Crippen LogP contribution < -0.4 is 10.2 Å². The summed E-state index contributed by atoms with van der Waals surface area (Å²) in [6.45, 7) is 4.52. The second-order valence-corrected chi connectivity index (χ2v) is 6.37. The summed E-state index contributed by atoms with van der Waals surface area (Å²) in [6.07, 6.45) is 2.57. The molecule has 2 amide bonds. The molecule has 0 radical (unpaired) electrons. The minimum atomic E-state index is -0.375. The lowest BCUT2D eigenvalue weighted by Gasteiger charge is -2.35. The van der Waals surface area contributed by atoms with Crippen molar-refractivity contribution in [2.75, 3.05) is 36.4 Å². The maximum absolute atomic E-state index is 13.2. The highest BCUT2D eigenvalue weighted by molar-refractivity contribution is 5.89. The maximum Gasteiger partial charge on any atom is 0.321 e. The van der Waals surface area contributed by atoms with E-state index in [4.69, 9.17) is 0 Å². The van der Waals surface area contributed by atoms with Crippen molar-refractivity contribution in [1.82, 2.24) is 24.7 Å². The maximum atomic E-state index is 13.2. The molecule has 1 fully saturated rings. The lowest BCUT2D eigenvalue weighted by atomic mass is 10.3. The standard InChI is InChI=1S/C18H20FN7O/c1-2-16-22-23-17-11-15(12-20-26(16)17)24-6-8-25(9-7-24)18(27)21-14-5-3-4-13(19)10-14/h3-5,10-12H,2,6-9H2,1H3,(H,21,27). The molecule has 4 rings (SSSR count). The molecule has 0 unspecified atom stereocenters. The summed E-state index contributed by atoms with van der Waals surface area (Å²) in [7, 11) is 0. The Hall–Kier alpha value is -3.23. The van der Waals surface area contributed by atoms with E-state index in [0.717, 1.165) is 23.6 Å². The third-order valence-corrected chi connectivity index (χ3v) is 4.64. The third kappa shape index (κ3) is 3.53. The van der Waals surface area contributed by atoms with Gasteiger partial charge in [-0.25, -0.2) is 9.18 Å². The van der Waals surface area contributed by atoms with Crippen molar-refractivity contribution in [3.63, 3.8) is 0 Å². The smallest absolute Gasteiger partial charge is 0.321 e. The first-order chi connectivity index (χ1) is 13.1. The number of halogens is 1. The van der Waals surface area contributed by atoms with Crippen LogP contribution in [0, 0.1) is 5.82 Å². The molecule has 2 aromatic heterocycles. The zero-order valence-corrected chi connectivity index (χ0v) is 15.0. The number of fused-ring (bicyclic) bond motifs is 1. The predicted octanol–water partition coefficient (Wildman–Crippen LogP) is 2.18. The lowest BCUT2D eigenvalue weighted by molar-refractivity contribution is 0.208. The highest BCUT2D eigenvalue weighted by Gasteiger charge is 2.22. The van der Waals surface area contributed by atoms with Crippen LogP contribution in [0.15, 0.2) is 36.5 Å². The Morgan fingerprint density at radius 3 is 2.74 bits per heavy atom. The third-order valence-electron chi connectivity index (χ3n) is 4.64. The Kier molecular flexibility index (Phi) is 4.57. The van der Waals surface area contributed by atoms with Crippen molar-refractivity contribution in [2.24, 2.45) is 0 Å². The van der Waals surface area contributed by atoms with Crippen LogP contribution in [0.25, 0.3) is 5.65 Å². The van der Waals surface area contributed by atoms with Crippen LogP contribution in [-0.2, 0) is 6.42 Å². The molecule has 0 aliphatic carbocycles. The van der Waals surface area contributed by atoms with Gasteiger partial charge in [-0.05, 0) is 18.2 Å². The molecule has 1 N–H and O–H groups in total.